The first-order chi connectivity index (χ1) is 7.72. The van der Waals surface area contributed by atoms with E-state index in [1.807, 2.05) is 11.8 Å². The number of rotatable bonds is 0. The predicted molar refractivity (Wildman–Crippen MR) is 69.8 cm³/mol. The highest BCUT2D eigenvalue weighted by Gasteiger charge is 2.15. The molecule has 0 fully saturated rings. The van der Waals surface area contributed by atoms with Gasteiger partial charge in [-0.25, -0.2) is 0 Å². The van der Waals surface area contributed by atoms with Crippen LogP contribution in [0.3, 0.4) is 0 Å². The average molecular weight is 227 g/mol. The second-order valence-corrected chi connectivity index (χ2v) is 5.31. The molecule has 16 heavy (non-hydrogen) atoms. The van der Waals surface area contributed by atoms with Gasteiger partial charge in [-0.2, -0.15) is 0 Å². The average Bonchev–Trinajstić information content (AvgIpc) is 2.26. The van der Waals surface area contributed by atoms with Crippen molar-refractivity contribution in [3.63, 3.8) is 0 Å². The lowest BCUT2D eigenvalue weighted by Gasteiger charge is -2.21. The number of hydrogen-bond donors (Lipinski definition) is 1. The van der Waals surface area contributed by atoms with Gasteiger partial charge in [0.05, 0.1) is 11.4 Å². The number of aryl methyl sites for hydroxylation is 2. The fourth-order valence-electron chi connectivity index (χ4n) is 1.91. The maximum atomic E-state index is 3.49. The van der Waals surface area contributed by atoms with Gasteiger partial charge in [0.15, 0.2) is 0 Å². The molecule has 0 saturated carbocycles. The zero-order chi connectivity index (χ0) is 11.1. The van der Waals surface area contributed by atoms with Crippen LogP contribution in [-0.2, 0) is 0 Å². The van der Waals surface area contributed by atoms with Crippen LogP contribution < -0.4 is 5.32 Å². The number of anilines is 2. The molecule has 0 atom stereocenters. The molecule has 0 spiro atoms. The minimum atomic E-state index is 1.22. The Labute approximate surface area is 99.9 Å². The van der Waals surface area contributed by atoms with Crippen LogP contribution in [0.25, 0.3) is 0 Å². The van der Waals surface area contributed by atoms with Crippen LogP contribution in [-0.4, -0.2) is 0 Å². The lowest BCUT2D eigenvalue weighted by atomic mass is 10.2. The molecule has 1 aliphatic heterocycles. The van der Waals surface area contributed by atoms with E-state index < -0.39 is 0 Å². The molecule has 1 aliphatic rings. The van der Waals surface area contributed by atoms with Crippen molar-refractivity contribution in [2.45, 2.75) is 23.6 Å². The van der Waals surface area contributed by atoms with E-state index in [4.69, 9.17) is 0 Å². The Bertz CT molecular complexity index is 509. The summed E-state index contributed by atoms with van der Waals surface area (Å²) >= 11 is 1.84. The largest absolute Gasteiger partial charge is 0.354 e. The summed E-state index contributed by atoms with van der Waals surface area (Å²) in [4.78, 5) is 2.63. The van der Waals surface area contributed by atoms with Gasteiger partial charge in [-0.1, -0.05) is 23.9 Å². The Balaban J connectivity index is 2.09. The summed E-state index contributed by atoms with van der Waals surface area (Å²) in [6.07, 6.45) is 0. The summed E-state index contributed by atoms with van der Waals surface area (Å²) in [6.45, 7) is 4.25. The SMILES string of the molecule is Cc1ccc2c(c1)Nc1ccc(C)cc1S2. The number of benzene rings is 2. The molecule has 0 saturated heterocycles. The summed E-state index contributed by atoms with van der Waals surface area (Å²) in [6, 6.07) is 13.1. The third-order valence-electron chi connectivity index (χ3n) is 2.76. The second-order valence-electron chi connectivity index (χ2n) is 4.23. The van der Waals surface area contributed by atoms with E-state index in [-0.39, 0.29) is 0 Å². The first-order valence-electron chi connectivity index (χ1n) is 5.38. The van der Waals surface area contributed by atoms with Gasteiger partial charge in [0, 0.05) is 9.79 Å². The topological polar surface area (TPSA) is 12.0 Å². The van der Waals surface area contributed by atoms with E-state index in [1.54, 1.807) is 0 Å². The normalized spacial score (nSPS) is 12.6. The zero-order valence-electron chi connectivity index (χ0n) is 9.37. The minimum Gasteiger partial charge on any atom is -0.354 e. The molecule has 2 aromatic carbocycles. The van der Waals surface area contributed by atoms with Gasteiger partial charge in [-0.15, -0.1) is 0 Å². The Morgan fingerprint density at radius 2 is 1.56 bits per heavy atom. The number of hydrogen-bond acceptors (Lipinski definition) is 2. The van der Waals surface area contributed by atoms with Gasteiger partial charge in [0.25, 0.3) is 0 Å². The summed E-state index contributed by atoms with van der Waals surface area (Å²) in [5, 5.41) is 3.49. The Morgan fingerprint density at radius 1 is 0.812 bits per heavy atom. The van der Waals surface area contributed by atoms with Gasteiger partial charge in [0.2, 0.25) is 0 Å². The fraction of sp³-hybridized carbons (Fsp3) is 0.143. The van der Waals surface area contributed by atoms with E-state index in [2.05, 4.69) is 55.6 Å². The van der Waals surface area contributed by atoms with Crippen molar-refractivity contribution in [2.75, 3.05) is 5.32 Å². The van der Waals surface area contributed by atoms with Crippen molar-refractivity contribution in [3.8, 4) is 0 Å². The molecule has 80 valence electrons. The van der Waals surface area contributed by atoms with Crippen LogP contribution in [0.4, 0.5) is 11.4 Å². The summed E-state index contributed by atoms with van der Waals surface area (Å²) < 4.78 is 0. The molecule has 0 radical (unpaired) electrons. The van der Waals surface area contributed by atoms with Crippen molar-refractivity contribution in [1.29, 1.82) is 0 Å². The van der Waals surface area contributed by atoms with Crippen LogP contribution in [0.1, 0.15) is 11.1 Å². The predicted octanol–water partition coefficient (Wildman–Crippen LogP) is 4.51. The zero-order valence-corrected chi connectivity index (χ0v) is 10.2. The van der Waals surface area contributed by atoms with Crippen LogP contribution in [0.15, 0.2) is 46.2 Å². The monoisotopic (exact) mass is 227 g/mol. The van der Waals surface area contributed by atoms with Crippen molar-refractivity contribution < 1.29 is 0 Å². The lowest BCUT2D eigenvalue weighted by molar-refractivity contribution is 1.27. The third kappa shape index (κ3) is 1.59. The second kappa shape index (κ2) is 3.56. The molecule has 0 unspecified atom stereocenters. The highest BCUT2D eigenvalue weighted by atomic mass is 32.2. The molecule has 0 amide bonds. The van der Waals surface area contributed by atoms with E-state index in [0.29, 0.717) is 0 Å². The van der Waals surface area contributed by atoms with E-state index in [1.165, 1.54) is 32.3 Å². The Hall–Kier alpha value is -1.41. The standard InChI is InChI=1S/C14H13NS/c1-9-4-6-13-12(7-9)15-11-5-3-10(2)8-14(11)16-13/h3-8,15H,1-2H3. The highest BCUT2D eigenvalue weighted by molar-refractivity contribution is 7.99. The van der Waals surface area contributed by atoms with Gasteiger partial charge in [-0.05, 0) is 49.2 Å². The highest BCUT2D eigenvalue weighted by Crippen LogP contribution is 2.44. The van der Waals surface area contributed by atoms with Crippen molar-refractivity contribution >= 4 is 23.1 Å². The molecule has 0 bridgehead atoms. The third-order valence-corrected chi connectivity index (χ3v) is 3.90. The maximum absolute atomic E-state index is 3.49. The van der Waals surface area contributed by atoms with Crippen molar-refractivity contribution in [1.82, 2.24) is 0 Å². The van der Waals surface area contributed by atoms with Crippen molar-refractivity contribution in [3.05, 3.63) is 47.5 Å². The quantitative estimate of drug-likeness (QED) is 0.606. The molecule has 1 heterocycles. The maximum Gasteiger partial charge on any atom is 0.0529 e. The lowest BCUT2D eigenvalue weighted by Crippen LogP contribution is -2.00. The molecular formula is C14H13NS. The first kappa shape index (κ1) is 9.79. The van der Waals surface area contributed by atoms with Crippen LogP contribution >= 0.6 is 11.8 Å². The van der Waals surface area contributed by atoms with Gasteiger partial charge >= 0.3 is 0 Å². The molecule has 2 aromatic rings. The summed E-state index contributed by atoms with van der Waals surface area (Å²) in [5.74, 6) is 0. The van der Waals surface area contributed by atoms with E-state index >= 15 is 0 Å². The van der Waals surface area contributed by atoms with E-state index in [9.17, 15) is 0 Å². The molecular weight excluding hydrogens is 214 g/mol. The van der Waals surface area contributed by atoms with Gasteiger partial charge in [-0.3, -0.25) is 0 Å². The molecule has 0 aliphatic carbocycles. The van der Waals surface area contributed by atoms with Crippen molar-refractivity contribution in [2.24, 2.45) is 0 Å². The molecule has 2 heteroatoms. The molecule has 1 N–H and O–H groups in total. The van der Waals surface area contributed by atoms with Gasteiger partial charge < -0.3 is 5.32 Å². The summed E-state index contributed by atoms with van der Waals surface area (Å²) in [7, 11) is 0. The van der Waals surface area contributed by atoms with E-state index in [0.717, 1.165) is 0 Å². The van der Waals surface area contributed by atoms with Crippen LogP contribution in [0.2, 0.25) is 0 Å². The van der Waals surface area contributed by atoms with Gasteiger partial charge in [0.1, 0.15) is 0 Å². The van der Waals surface area contributed by atoms with Crippen LogP contribution in [0, 0.1) is 13.8 Å². The molecule has 1 nitrogen and oxygen atoms in total. The number of nitrogens with one attached hydrogen (secondary N) is 1. The first-order valence-corrected chi connectivity index (χ1v) is 6.20. The van der Waals surface area contributed by atoms with Crippen LogP contribution in [0.5, 0.6) is 0 Å². The number of fused-ring (bicyclic) bond motifs is 2. The molecule has 3 rings (SSSR count). The Kier molecular flexibility index (Phi) is 2.18. The Morgan fingerprint density at radius 3 is 2.44 bits per heavy atom. The summed E-state index contributed by atoms with van der Waals surface area (Å²) in [5.41, 5.74) is 5.04. The minimum absolute atomic E-state index is 1.22. The molecule has 0 aromatic heterocycles. The smallest absolute Gasteiger partial charge is 0.0529 e. The fourth-order valence-corrected chi connectivity index (χ4v) is 2.98.